The van der Waals surface area contributed by atoms with E-state index in [9.17, 15) is 18.4 Å². The molecule has 39 heavy (non-hydrogen) atoms. The van der Waals surface area contributed by atoms with Gasteiger partial charge in [-0.15, -0.1) is 0 Å². The highest BCUT2D eigenvalue weighted by Gasteiger charge is 2.59. The van der Waals surface area contributed by atoms with Crippen LogP contribution in [-0.4, -0.2) is 53.6 Å². The number of oxime groups is 1. The lowest BCUT2D eigenvalue weighted by atomic mass is 9.46. The summed E-state index contributed by atoms with van der Waals surface area (Å²) in [6.45, 7) is 11.0. The zero-order valence-corrected chi connectivity index (χ0v) is 24.4. The average Bonchev–Trinajstić information content (AvgIpc) is 3.41. The van der Waals surface area contributed by atoms with E-state index >= 15 is 0 Å². The quantitative estimate of drug-likeness (QED) is 0.227. The molecule has 4 aliphatic carbocycles. The van der Waals surface area contributed by atoms with Gasteiger partial charge in [0.25, 0.3) is 5.92 Å². The maximum atomic E-state index is 14.0. The number of fused-ring (bicyclic) bond motifs is 5. The molecule has 1 amide bonds. The second-order valence-corrected chi connectivity index (χ2v) is 13.8. The third-order valence-electron chi connectivity index (χ3n) is 11.6. The van der Waals surface area contributed by atoms with Crippen LogP contribution in [0.15, 0.2) is 16.8 Å². The summed E-state index contributed by atoms with van der Waals surface area (Å²) in [6.07, 6.45) is 9.79. The van der Waals surface area contributed by atoms with Crippen LogP contribution in [0, 0.1) is 34.5 Å². The molecule has 1 saturated heterocycles. The molecule has 0 radical (unpaired) electrons. The summed E-state index contributed by atoms with van der Waals surface area (Å²) in [5.74, 6) is -0.254. The van der Waals surface area contributed by atoms with E-state index in [1.54, 1.807) is 0 Å². The maximum Gasteiger partial charge on any atom is 0.436 e. The lowest BCUT2D eigenvalue weighted by Crippen LogP contribution is -2.51. The second-order valence-electron chi connectivity index (χ2n) is 13.8. The Kier molecular flexibility index (Phi) is 7.75. The van der Waals surface area contributed by atoms with Crippen LogP contribution in [-0.2, 0) is 9.63 Å². The number of nitrogens with zero attached hydrogens (tertiary/aromatic N) is 2. The minimum absolute atomic E-state index is 0.126. The predicted octanol–water partition coefficient (Wildman–Crippen LogP) is 6.74. The highest BCUT2D eigenvalue weighted by molar-refractivity contribution is 5.91. The number of alkyl halides is 2. The van der Waals surface area contributed by atoms with Gasteiger partial charge in [-0.1, -0.05) is 24.6 Å². The number of hydrogen-bond donors (Lipinski definition) is 1. The molecule has 3 saturated carbocycles. The molecule has 6 nitrogen and oxygen atoms in total. The summed E-state index contributed by atoms with van der Waals surface area (Å²) in [4.78, 5) is 32.1. The van der Waals surface area contributed by atoms with E-state index < -0.39 is 18.1 Å². The monoisotopic (exact) mass is 547 g/mol. The summed E-state index contributed by atoms with van der Waals surface area (Å²) in [7, 11) is 0. The van der Waals surface area contributed by atoms with Gasteiger partial charge in [-0.3, -0.25) is 9.63 Å². The zero-order chi connectivity index (χ0) is 28.2. The minimum atomic E-state index is -2.74. The molecule has 1 N–H and O–H groups in total. The number of rotatable bonds is 6. The molecule has 4 fully saturated rings. The smallest absolute Gasteiger partial charge is 0.308 e. The van der Waals surface area contributed by atoms with Gasteiger partial charge < -0.3 is 10.2 Å². The molecule has 1 aliphatic heterocycles. The standard InChI is InChI=1S/C31H47F2N3O3/c1-19(2)36(17-12-27-31(32,33)15-16-34-27)28(38)39-35-20(3)24-8-9-25-23-7-6-21-18-22(37)10-13-29(21,4)26(23)11-14-30(24,25)5/h18-19,23-27,34H,6-17H2,1-5H3/b35-20+/t23-,24+,25-,26-,27?,29-,30+/m0/s1. The summed E-state index contributed by atoms with van der Waals surface area (Å²) in [5, 5.41) is 7.22. The Morgan fingerprint density at radius 3 is 2.59 bits per heavy atom. The third-order valence-corrected chi connectivity index (χ3v) is 11.6. The van der Waals surface area contributed by atoms with Crippen LogP contribution in [0.5, 0.6) is 0 Å². The topological polar surface area (TPSA) is 71.0 Å². The van der Waals surface area contributed by atoms with Gasteiger partial charge in [0.2, 0.25) is 0 Å². The summed E-state index contributed by atoms with van der Waals surface area (Å²) < 4.78 is 28.1. The molecule has 5 rings (SSSR count). The van der Waals surface area contributed by atoms with Gasteiger partial charge in [0, 0.05) is 37.9 Å². The summed E-state index contributed by atoms with van der Waals surface area (Å²) in [6, 6.07) is -1.08. The second kappa shape index (κ2) is 10.5. The van der Waals surface area contributed by atoms with Gasteiger partial charge >= 0.3 is 6.09 Å². The van der Waals surface area contributed by atoms with Crippen molar-refractivity contribution < 1.29 is 23.2 Å². The van der Waals surface area contributed by atoms with Crippen LogP contribution < -0.4 is 5.32 Å². The molecule has 0 bridgehead atoms. The van der Waals surface area contributed by atoms with Crippen molar-refractivity contribution in [3.8, 4) is 0 Å². The van der Waals surface area contributed by atoms with E-state index in [-0.39, 0.29) is 42.2 Å². The van der Waals surface area contributed by atoms with Crippen molar-refractivity contribution in [2.75, 3.05) is 13.1 Å². The molecule has 8 heteroatoms. The molecule has 218 valence electrons. The number of carbonyl (C=O) groups excluding carboxylic acids is 2. The van der Waals surface area contributed by atoms with Gasteiger partial charge in [-0.05, 0) is 107 Å². The first-order valence-corrected chi connectivity index (χ1v) is 15.2. The van der Waals surface area contributed by atoms with Gasteiger partial charge in [0.15, 0.2) is 5.78 Å². The Bertz CT molecular complexity index is 1040. The van der Waals surface area contributed by atoms with Crippen molar-refractivity contribution >= 4 is 17.6 Å². The van der Waals surface area contributed by atoms with E-state index in [4.69, 9.17) is 4.84 Å². The van der Waals surface area contributed by atoms with Crippen LogP contribution >= 0.6 is 0 Å². The number of hydrogen-bond acceptors (Lipinski definition) is 5. The Morgan fingerprint density at radius 2 is 1.90 bits per heavy atom. The van der Waals surface area contributed by atoms with Gasteiger partial charge in [0.05, 0.1) is 11.8 Å². The summed E-state index contributed by atoms with van der Waals surface area (Å²) in [5.41, 5.74) is 2.55. The lowest BCUT2D eigenvalue weighted by Gasteiger charge is -2.58. The zero-order valence-electron chi connectivity index (χ0n) is 24.4. The average molecular weight is 548 g/mol. The van der Waals surface area contributed by atoms with Crippen LogP contribution in [0.25, 0.3) is 0 Å². The van der Waals surface area contributed by atoms with E-state index in [1.165, 1.54) is 16.9 Å². The maximum absolute atomic E-state index is 14.0. The molecule has 0 aromatic rings. The van der Waals surface area contributed by atoms with E-state index in [1.807, 2.05) is 26.8 Å². The fourth-order valence-corrected chi connectivity index (χ4v) is 9.35. The fraction of sp³-hybridized carbons (Fsp3) is 0.839. The Balaban J connectivity index is 1.23. The Morgan fingerprint density at radius 1 is 1.13 bits per heavy atom. The number of amides is 1. The van der Waals surface area contributed by atoms with Crippen molar-refractivity contribution in [3.05, 3.63) is 11.6 Å². The van der Waals surface area contributed by atoms with Crippen molar-refractivity contribution in [2.24, 2.45) is 39.7 Å². The molecule has 5 aliphatic rings. The Hall–Kier alpha value is -1.83. The van der Waals surface area contributed by atoms with Gasteiger partial charge in [-0.2, -0.15) is 0 Å². The van der Waals surface area contributed by atoms with Crippen molar-refractivity contribution in [3.63, 3.8) is 0 Å². The largest absolute Gasteiger partial charge is 0.436 e. The van der Waals surface area contributed by atoms with Crippen molar-refractivity contribution in [1.82, 2.24) is 10.2 Å². The predicted molar refractivity (Wildman–Crippen MR) is 148 cm³/mol. The first-order valence-electron chi connectivity index (χ1n) is 15.2. The van der Waals surface area contributed by atoms with Crippen molar-refractivity contribution in [2.45, 2.75) is 117 Å². The fourth-order valence-electron chi connectivity index (χ4n) is 9.35. The normalized spacial score (nSPS) is 39.6. The van der Waals surface area contributed by atoms with E-state index in [2.05, 4.69) is 24.3 Å². The van der Waals surface area contributed by atoms with Gasteiger partial charge in [0.1, 0.15) is 0 Å². The minimum Gasteiger partial charge on any atom is -0.308 e. The number of ketones is 1. The van der Waals surface area contributed by atoms with Gasteiger partial charge in [-0.25, -0.2) is 13.6 Å². The molecular weight excluding hydrogens is 500 g/mol. The molecule has 1 heterocycles. The number of nitrogens with one attached hydrogen (secondary N) is 1. The first kappa shape index (κ1) is 28.7. The van der Waals surface area contributed by atoms with Crippen LogP contribution in [0.2, 0.25) is 0 Å². The molecule has 0 aromatic carbocycles. The highest BCUT2D eigenvalue weighted by Crippen LogP contribution is 2.66. The molecule has 7 atom stereocenters. The molecule has 0 spiro atoms. The number of halogens is 2. The lowest BCUT2D eigenvalue weighted by molar-refractivity contribution is -0.117. The first-order chi connectivity index (χ1) is 18.4. The Labute approximate surface area is 232 Å². The third kappa shape index (κ3) is 5.08. The van der Waals surface area contributed by atoms with Crippen molar-refractivity contribution in [1.29, 1.82) is 0 Å². The highest BCUT2D eigenvalue weighted by atomic mass is 19.3. The van der Waals surface area contributed by atoms with Crippen LogP contribution in [0.4, 0.5) is 13.6 Å². The summed E-state index contributed by atoms with van der Waals surface area (Å²) >= 11 is 0. The molecule has 1 unspecified atom stereocenters. The molecule has 0 aromatic heterocycles. The molecular formula is C31H47F2N3O3. The number of allylic oxidation sites excluding steroid dienone is 1. The SMILES string of the molecule is C/C(=N\OC(=O)N(CCC1NCCC1(F)F)C(C)C)[C@H]1CC[C@H]2[C@@H]3CCC4=CC(=O)CC[C@]4(C)[C@H]3CC[C@]12C. The number of carbonyl (C=O) groups is 2. The van der Waals surface area contributed by atoms with E-state index in [0.29, 0.717) is 36.5 Å². The van der Waals surface area contributed by atoms with E-state index in [0.717, 1.165) is 44.2 Å². The van der Waals surface area contributed by atoms with Crippen LogP contribution in [0.3, 0.4) is 0 Å². The van der Waals surface area contributed by atoms with Crippen LogP contribution in [0.1, 0.15) is 98.8 Å².